The predicted molar refractivity (Wildman–Crippen MR) is 58.9 cm³/mol. The molecule has 1 aliphatic rings. The van der Waals surface area contributed by atoms with Crippen LogP contribution in [0.3, 0.4) is 0 Å². The third kappa shape index (κ3) is 4.47. The largest absolute Gasteiger partial charge is 0.311 e. The summed E-state index contributed by atoms with van der Waals surface area (Å²) >= 11 is 0. The molecule has 1 nitrogen and oxygen atoms in total. The maximum atomic E-state index is 3.54. The van der Waals surface area contributed by atoms with Gasteiger partial charge in [-0.25, -0.2) is 0 Å². The van der Waals surface area contributed by atoms with E-state index < -0.39 is 0 Å². The smallest absolute Gasteiger partial charge is 0.0139 e. The van der Waals surface area contributed by atoms with E-state index in [9.17, 15) is 0 Å². The first-order chi connectivity index (χ1) is 6.18. The summed E-state index contributed by atoms with van der Waals surface area (Å²) in [6.07, 6.45) is 8.03. The molecule has 0 spiro atoms. The van der Waals surface area contributed by atoms with Gasteiger partial charge in [0.05, 0.1) is 0 Å². The van der Waals surface area contributed by atoms with Gasteiger partial charge in [0.25, 0.3) is 0 Å². The number of rotatable bonds is 5. The fourth-order valence-electron chi connectivity index (χ4n) is 1.78. The van der Waals surface area contributed by atoms with Gasteiger partial charge in [0.2, 0.25) is 0 Å². The molecule has 0 radical (unpaired) electrons. The van der Waals surface area contributed by atoms with Crippen LogP contribution >= 0.6 is 0 Å². The Morgan fingerprint density at radius 1 is 1.46 bits per heavy atom. The summed E-state index contributed by atoms with van der Waals surface area (Å²) in [5.41, 5.74) is 1.41. The highest BCUT2D eigenvalue weighted by Gasteiger charge is 2.19. The molecule has 0 heterocycles. The molecule has 1 heteroatoms. The van der Waals surface area contributed by atoms with E-state index in [4.69, 9.17) is 0 Å². The Kier molecular flexibility index (Phi) is 4.51. The molecule has 1 N–H and O–H groups in total. The molecule has 0 amide bonds. The van der Waals surface area contributed by atoms with Crippen LogP contribution in [0.15, 0.2) is 11.6 Å². The van der Waals surface area contributed by atoms with E-state index in [1.165, 1.54) is 31.3 Å². The van der Waals surface area contributed by atoms with E-state index in [2.05, 4.69) is 32.2 Å². The Bertz CT molecular complexity index is 164. The first-order valence-electron chi connectivity index (χ1n) is 5.55. The Balaban J connectivity index is 2.03. The summed E-state index contributed by atoms with van der Waals surface area (Å²) in [6.45, 7) is 7.64. The van der Waals surface area contributed by atoms with Gasteiger partial charge in [-0.15, -0.1) is 0 Å². The van der Waals surface area contributed by atoms with Crippen molar-refractivity contribution in [3.05, 3.63) is 11.6 Å². The zero-order chi connectivity index (χ0) is 9.68. The summed E-state index contributed by atoms with van der Waals surface area (Å²) in [4.78, 5) is 0. The van der Waals surface area contributed by atoms with Gasteiger partial charge in [-0.2, -0.15) is 0 Å². The van der Waals surface area contributed by atoms with Crippen LogP contribution in [0.5, 0.6) is 0 Å². The molecule has 1 saturated carbocycles. The summed E-state index contributed by atoms with van der Waals surface area (Å²) in [5, 5.41) is 3.54. The molecule has 0 aliphatic heterocycles. The normalized spacial score (nSPS) is 19.3. The standard InChI is InChI=1S/C12H23N/c1-10(2)7-8-13-11(3)9-12-5-4-6-12/h7,11-13H,4-6,8-9H2,1-3H3. The lowest BCUT2D eigenvalue weighted by atomic mass is 9.81. The van der Waals surface area contributed by atoms with Crippen molar-refractivity contribution in [2.24, 2.45) is 5.92 Å². The summed E-state index contributed by atoms with van der Waals surface area (Å²) < 4.78 is 0. The third-order valence-corrected chi connectivity index (χ3v) is 2.89. The highest BCUT2D eigenvalue weighted by Crippen LogP contribution is 2.30. The lowest BCUT2D eigenvalue weighted by molar-refractivity contribution is 0.268. The van der Waals surface area contributed by atoms with Crippen LogP contribution in [0.1, 0.15) is 46.5 Å². The van der Waals surface area contributed by atoms with Gasteiger partial charge < -0.3 is 5.32 Å². The number of hydrogen-bond donors (Lipinski definition) is 1. The first kappa shape index (κ1) is 10.8. The molecule has 1 rings (SSSR count). The second kappa shape index (κ2) is 5.43. The number of hydrogen-bond acceptors (Lipinski definition) is 1. The van der Waals surface area contributed by atoms with Crippen LogP contribution in [0.4, 0.5) is 0 Å². The van der Waals surface area contributed by atoms with Gasteiger partial charge in [0.1, 0.15) is 0 Å². The molecule has 0 aromatic rings. The van der Waals surface area contributed by atoms with Crippen molar-refractivity contribution in [1.29, 1.82) is 0 Å². The van der Waals surface area contributed by atoms with Crippen molar-refractivity contribution < 1.29 is 0 Å². The minimum atomic E-state index is 0.695. The van der Waals surface area contributed by atoms with Crippen LogP contribution in [0, 0.1) is 5.92 Å². The van der Waals surface area contributed by atoms with Gasteiger partial charge in [-0.1, -0.05) is 30.9 Å². The zero-order valence-electron chi connectivity index (χ0n) is 9.27. The van der Waals surface area contributed by atoms with Gasteiger partial charge in [0.15, 0.2) is 0 Å². The van der Waals surface area contributed by atoms with Crippen molar-refractivity contribution in [3.63, 3.8) is 0 Å². The highest BCUT2D eigenvalue weighted by molar-refractivity contribution is 4.94. The number of nitrogens with one attached hydrogen (secondary N) is 1. The molecule has 0 saturated heterocycles. The van der Waals surface area contributed by atoms with Crippen molar-refractivity contribution in [2.45, 2.75) is 52.5 Å². The summed E-state index contributed by atoms with van der Waals surface area (Å²) in [7, 11) is 0. The van der Waals surface area contributed by atoms with Crippen LogP contribution in [-0.4, -0.2) is 12.6 Å². The van der Waals surface area contributed by atoms with Gasteiger partial charge in [-0.05, 0) is 33.1 Å². The molecule has 1 unspecified atom stereocenters. The van der Waals surface area contributed by atoms with Crippen molar-refractivity contribution in [3.8, 4) is 0 Å². The molecule has 1 atom stereocenters. The minimum Gasteiger partial charge on any atom is -0.311 e. The first-order valence-corrected chi connectivity index (χ1v) is 5.55. The van der Waals surface area contributed by atoms with Crippen LogP contribution in [-0.2, 0) is 0 Å². The molecular weight excluding hydrogens is 158 g/mol. The molecule has 1 aliphatic carbocycles. The van der Waals surface area contributed by atoms with E-state index in [-0.39, 0.29) is 0 Å². The maximum Gasteiger partial charge on any atom is 0.0139 e. The average molecular weight is 181 g/mol. The quantitative estimate of drug-likeness (QED) is 0.643. The molecular formula is C12H23N. The van der Waals surface area contributed by atoms with E-state index in [0.29, 0.717) is 6.04 Å². The van der Waals surface area contributed by atoms with Crippen molar-refractivity contribution >= 4 is 0 Å². The minimum absolute atomic E-state index is 0.695. The zero-order valence-corrected chi connectivity index (χ0v) is 9.27. The maximum absolute atomic E-state index is 3.54. The van der Waals surface area contributed by atoms with E-state index >= 15 is 0 Å². The molecule has 13 heavy (non-hydrogen) atoms. The Hall–Kier alpha value is -0.300. The second-order valence-electron chi connectivity index (χ2n) is 4.62. The SMILES string of the molecule is CC(C)=CCNC(C)CC1CCC1. The van der Waals surface area contributed by atoms with E-state index in [1.807, 2.05) is 0 Å². The summed E-state index contributed by atoms with van der Waals surface area (Å²) in [6, 6.07) is 0.695. The van der Waals surface area contributed by atoms with Gasteiger partial charge in [0, 0.05) is 12.6 Å². The Morgan fingerprint density at radius 2 is 2.15 bits per heavy atom. The van der Waals surface area contributed by atoms with Crippen LogP contribution in [0.2, 0.25) is 0 Å². The molecule has 0 aromatic heterocycles. The Morgan fingerprint density at radius 3 is 2.62 bits per heavy atom. The monoisotopic (exact) mass is 181 g/mol. The Labute approximate surface area is 82.6 Å². The third-order valence-electron chi connectivity index (χ3n) is 2.89. The van der Waals surface area contributed by atoms with Crippen LogP contribution in [0.25, 0.3) is 0 Å². The fourth-order valence-corrected chi connectivity index (χ4v) is 1.78. The molecule has 0 aromatic carbocycles. The summed E-state index contributed by atoms with van der Waals surface area (Å²) in [5.74, 6) is 1.02. The fraction of sp³-hybridized carbons (Fsp3) is 0.833. The number of allylic oxidation sites excluding steroid dienone is 1. The molecule has 1 fully saturated rings. The average Bonchev–Trinajstić information content (AvgIpc) is 1.96. The van der Waals surface area contributed by atoms with Crippen molar-refractivity contribution in [1.82, 2.24) is 5.32 Å². The lowest BCUT2D eigenvalue weighted by Crippen LogP contribution is -2.30. The molecule has 76 valence electrons. The van der Waals surface area contributed by atoms with Crippen LogP contribution < -0.4 is 5.32 Å². The lowest BCUT2D eigenvalue weighted by Gasteiger charge is -2.28. The van der Waals surface area contributed by atoms with E-state index in [1.54, 1.807) is 0 Å². The van der Waals surface area contributed by atoms with Gasteiger partial charge in [-0.3, -0.25) is 0 Å². The topological polar surface area (TPSA) is 12.0 Å². The van der Waals surface area contributed by atoms with E-state index in [0.717, 1.165) is 12.5 Å². The van der Waals surface area contributed by atoms with Crippen molar-refractivity contribution in [2.75, 3.05) is 6.54 Å². The van der Waals surface area contributed by atoms with Gasteiger partial charge >= 0.3 is 0 Å². The highest BCUT2D eigenvalue weighted by atomic mass is 14.9. The second-order valence-corrected chi connectivity index (χ2v) is 4.62. The predicted octanol–water partition coefficient (Wildman–Crippen LogP) is 3.12. The molecule has 0 bridgehead atoms.